The molecule has 0 aromatic heterocycles. The third kappa shape index (κ3) is 4.38. The van der Waals surface area contributed by atoms with Gasteiger partial charge in [0, 0.05) is 19.1 Å². The smallest absolute Gasteiger partial charge is 0.0595 e. The second-order valence-corrected chi connectivity index (χ2v) is 7.51. The average Bonchev–Trinajstić information content (AvgIpc) is 2.82. The quantitative estimate of drug-likeness (QED) is 0.796. The Balaban J connectivity index is 1.47. The molecule has 0 saturated carbocycles. The fourth-order valence-corrected chi connectivity index (χ4v) is 4.08. The highest BCUT2D eigenvalue weighted by atomic mass is 35.5. The van der Waals surface area contributed by atoms with Crippen LogP contribution in [0.5, 0.6) is 0 Å². The molecule has 1 aromatic carbocycles. The van der Waals surface area contributed by atoms with Gasteiger partial charge in [-0.3, -0.25) is 4.90 Å². The van der Waals surface area contributed by atoms with E-state index in [0.29, 0.717) is 10.0 Å². The summed E-state index contributed by atoms with van der Waals surface area (Å²) in [7, 11) is 0. The number of halogens is 2. The van der Waals surface area contributed by atoms with Crippen LogP contribution in [0.15, 0.2) is 18.2 Å². The number of hydrogen-bond donors (Lipinski definition) is 0. The van der Waals surface area contributed by atoms with Crippen LogP contribution in [-0.2, 0) is 6.42 Å². The van der Waals surface area contributed by atoms with Gasteiger partial charge in [-0.2, -0.15) is 0 Å². The molecule has 2 heterocycles. The van der Waals surface area contributed by atoms with Crippen LogP contribution in [0.4, 0.5) is 0 Å². The van der Waals surface area contributed by atoms with Crippen LogP contribution in [-0.4, -0.2) is 48.6 Å². The maximum atomic E-state index is 6.10. The topological polar surface area (TPSA) is 6.48 Å². The molecule has 2 aliphatic heterocycles. The fraction of sp³-hybridized carbons (Fsp3) is 0.667. The number of likely N-dealkylation sites (tertiary alicyclic amines) is 2. The first-order valence-corrected chi connectivity index (χ1v) is 9.38. The van der Waals surface area contributed by atoms with Gasteiger partial charge in [0.2, 0.25) is 0 Å². The van der Waals surface area contributed by atoms with Gasteiger partial charge >= 0.3 is 0 Å². The highest BCUT2D eigenvalue weighted by Gasteiger charge is 2.27. The Hall–Kier alpha value is -0.280. The Morgan fingerprint density at radius 3 is 2.45 bits per heavy atom. The zero-order chi connectivity index (χ0) is 15.4. The van der Waals surface area contributed by atoms with Crippen molar-refractivity contribution in [2.75, 3.05) is 32.7 Å². The third-order valence-corrected chi connectivity index (χ3v) is 5.84. The van der Waals surface area contributed by atoms with Crippen LogP contribution in [0.25, 0.3) is 0 Å². The van der Waals surface area contributed by atoms with Gasteiger partial charge in [-0.15, -0.1) is 0 Å². The van der Waals surface area contributed by atoms with Gasteiger partial charge in [0.15, 0.2) is 0 Å². The monoisotopic (exact) mass is 340 g/mol. The molecular weight excluding hydrogens is 315 g/mol. The van der Waals surface area contributed by atoms with E-state index in [9.17, 15) is 0 Å². The highest BCUT2D eigenvalue weighted by Crippen LogP contribution is 2.24. The Labute approximate surface area is 144 Å². The van der Waals surface area contributed by atoms with Crippen LogP contribution in [0.3, 0.4) is 0 Å². The predicted octanol–water partition coefficient (Wildman–Crippen LogP) is 4.49. The highest BCUT2D eigenvalue weighted by molar-refractivity contribution is 6.42. The summed E-state index contributed by atoms with van der Waals surface area (Å²) in [5.74, 6) is 0. The van der Waals surface area contributed by atoms with E-state index in [1.807, 2.05) is 12.1 Å². The minimum absolute atomic E-state index is 0.646. The zero-order valence-electron chi connectivity index (χ0n) is 13.2. The summed E-state index contributed by atoms with van der Waals surface area (Å²) >= 11 is 12.1. The molecule has 1 atom stereocenters. The Kier molecular flexibility index (Phi) is 6.03. The molecule has 0 radical (unpaired) electrons. The summed E-state index contributed by atoms with van der Waals surface area (Å²) in [6.45, 7) is 6.22. The summed E-state index contributed by atoms with van der Waals surface area (Å²) in [5.41, 5.74) is 1.28. The summed E-state index contributed by atoms with van der Waals surface area (Å²) in [5, 5.41) is 1.32. The maximum Gasteiger partial charge on any atom is 0.0595 e. The van der Waals surface area contributed by atoms with Crippen LogP contribution in [0.1, 0.15) is 37.7 Å². The van der Waals surface area contributed by atoms with Crippen molar-refractivity contribution in [1.82, 2.24) is 9.80 Å². The first-order valence-electron chi connectivity index (χ1n) is 8.63. The van der Waals surface area contributed by atoms with Crippen LogP contribution < -0.4 is 0 Å². The first kappa shape index (κ1) is 16.6. The summed E-state index contributed by atoms with van der Waals surface area (Å²) in [6.07, 6.45) is 8.01. The standard InChI is InChI=1S/C18H26Cl2N2/c19-17-6-5-15(13-18(17)20)7-11-21-12-8-16(14-21)22-9-3-1-2-4-10-22/h5-6,13,16H,1-4,7-12,14H2. The minimum Gasteiger partial charge on any atom is -0.301 e. The van der Waals surface area contributed by atoms with E-state index < -0.39 is 0 Å². The molecule has 3 rings (SSSR count). The number of rotatable bonds is 4. The molecule has 1 unspecified atom stereocenters. The van der Waals surface area contributed by atoms with Gasteiger partial charge in [-0.25, -0.2) is 0 Å². The minimum atomic E-state index is 0.646. The Morgan fingerprint density at radius 2 is 1.73 bits per heavy atom. The lowest BCUT2D eigenvalue weighted by Crippen LogP contribution is -2.38. The van der Waals surface area contributed by atoms with Crippen molar-refractivity contribution in [2.24, 2.45) is 0 Å². The molecule has 0 bridgehead atoms. The molecule has 1 aromatic rings. The van der Waals surface area contributed by atoms with Crippen molar-refractivity contribution in [3.8, 4) is 0 Å². The fourth-order valence-electron chi connectivity index (χ4n) is 3.76. The van der Waals surface area contributed by atoms with Gasteiger partial charge in [0.1, 0.15) is 0 Å². The van der Waals surface area contributed by atoms with Gasteiger partial charge in [0.05, 0.1) is 10.0 Å². The number of nitrogens with zero attached hydrogens (tertiary/aromatic N) is 2. The third-order valence-electron chi connectivity index (χ3n) is 5.11. The Bertz CT molecular complexity index is 484. The zero-order valence-corrected chi connectivity index (χ0v) is 14.7. The van der Waals surface area contributed by atoms with E-state index in [1.54, 1.807) is 0 Å². The lowest BCUT2D eigenvalue weighted by Gasteiger charge is -2.27. The van der Waals surface area contributed by atoms with Gasteiger partial charge < -0.3 is 4.90 Å². The summed E-state index contributed by atoms with van der Waals surface area (Å²) < 4.78 is 0. The van der Waals surface area contributed by atoms with E-state index in [-0.39, 0.29) is 0 Å². The SMILES string of the molecule is Clc1ccc(CCN2CCC(N3CCCCCC3)C2)cc1Cl. The summed E-state index contributed by atoms with van der Waals surface area (Å²) in [4.78, 5) is 5.35. The number of hydrogen-bond acceptors (Lipinski definition) is 2. The average molecular weight is 341 g/mol. The molecule has 2 aliphatic rings. The molecule has 2 saturated heterocycles. The molecule has 0 amide bonds. The van der Waals surface area contributed by atoms with Crippen LogP contribution >= 0.6 is 23.2 Å². The molecule has 2 nitrogen and oxygen atoms in total. The van der Waals surface area contributed by atoms with E-state index in [2.05, 4.69) is 15.9 Å². The molecule has 22 heavy (non-hydrogen) atoms. The van der Waals surface area contributed by atoms with E-state index in [0.717, 1.165) is 19.0 Å². The van der Waals surface area contributed by atoms with Gasteiger partial charge in [-0.05, 0) is 63.0 Å². The second kappa shape index (κ2) is 8.01. The van der Waals surface area contributed by atoms with E-state index >= 15 is 0 Å². The molecule has 122 valence electrons. The van der Waals surface area contributed by atoms with Gasteiger partial charge in [0.25, 0.3) is 0 Å². The van der Waals surface area contributed by atoms with E-state index in [1.165, 1.54) is 63.8 Å². The number of benzene rings is 1. The normalized spacial score (nSPS) is 24.5. The molecular formula is C18H26Cl2N2. The molecule has 0 aliphatic carbocycles. The Morgan fingerprint density at radius 1 is 0.955 bits per heavy atom. The van der Waals surface area contributed by atoms with Crippen molar-refractivity contribution < 1.29 is 0 Å². The van der Waals surface area contributed by atoms with Crippen molar-refractivity contribution >= 4 is 23.2 Å². The molecule has 2 fully saturated rings. The molecule has 4 heteroatoms. The predicted molar refractivity (Wildman–Crippen MR) is 95.1 cm³/mol. The van der Waals surface area contributed by atoms with Crippen LogP contribution in [0.2, 0.25) is 10.0 Å². The molecule has 0 N–H and O–H groups in total. The maximum absolute atomic E-state index is 6.10. The summed E-state index contributed by atoms with van der Waals surface area (Å²) in [6, 6.07) is 6.79. The second-order valence-electron chi connectivity index (χ2n) is 6.69. The van der Waals surface area contributed by atoms with Crippen LogP contribution in [0, 0.1) is 0 Å². The van der Waals surface area contributed by atoms with Crippen molar-refractivity contribution in [3.05, 3.63) is 33.8 Å². The van der Waals surface area contributed by atoms with Crippen molar-refractivity contribution in [2.45, 2.75) is 44.6 Å². The van der Waals surface area contributed by atoms with Gasteiger partial charge in [-0.1, -0.05) is 42.1 Å². The first-order chi connectivity index (χ1) is 10.7. The molecule has 0 spiro atoms. The van der Waals surface area contributed by atoms with Crippen molar-refractivity contribution in [1.29, 1.82) is 0 Å². The lowest BCUT2D eigenvalue weighted by atomic mass is 10.1. The van der Waals surface area contributed by atoms with E-state index in [4.69, 9.17) is 23.2 Å². The van der Waals surface area contributed by atoms with Crippen molar-refractivity contribution in [3.63, 3.8) is 0 Å². The lowest BCUT2D eigenvalue weighted by molar-refractivity contribution is 0.199. The largest absolute Gasteiger partial charge is 0.301 e.